The van der Waals surface area contributed by atoms with Crippen LogP contribution >= 0.6 is 0 Å². The maximum absolute atomic E-state index is 12.7. The van der Waals surface area contributed by atoms with Crippen LogP contribution < -0.4 is 10.1 Å². The van der Waals surface area contributed by atoms with E-state index >= 15 is 0 Å². The van der Waals surface area contributed by atoms with Crippen molar-refractivity contribution in [1.29, 1.82) is 0 Å². The molecule has 1 atom stereocenters. The average Bonchev–Trinajstić information content (AvgIpc) is 2.93. The highest BCUT2D eigenvalue weighted by Crippen LogP contribution is 2.24. The van der Waals surface area contributed by atoms with Crippen molar-refractivity contribution in [3.63, 3.8) is 0 Å². The Morgan fingerprint density at radius 1 is 1.35 bits per heavy atom. The summed E-state index contributed by atoms with van der Waals surface area (Å²) in [5.41, 5.74) is 0.977. The molecule has 4 nitrogen and oxygen atoms in total. The monoisotopic (exact) mass is 281 g/mol. The third-order valence-electron chi connectivity index (χ3n) is 3.13. The first kappa shape index (κ1) is 14.5. The number of hydrogen-bond acceptors (Lipinski definition) is 3. The number of alkyl halides is 2. The number of hydrogen-bond donors (Lipinski definition) is 1. The lowest BCUT2D eigenvalue weighted by molar-refractivity contribution is 0.0665. The molecule has 1 N–H and O–H groups in total. The molecule has 20 heavy (non-hydrogen) atoms. The summed E-state index contributed by atoms with van der Waals surface area (Å²) in [5, 5.41) is 3.17. The SMILES string of the molecule is COc1ccccc1[C@@H](C)NCc1nccn1C(F)F. The molecule has 2 rings (SSSR count). The third-order valence-corrected chi connectivity index (χ3v) is 3.13. The largest absolute Gasteiger partial charge is 0.496 e. The Morgan fingerprint density at radius 3 is 2.80 bits per heavy atom. The number of imidazole rings is 1. The molecule has 1 heterocycles. The van der Waals surface area contributed by atoms with Gasteiger partial charge in [0, 0.05) is 24.0 Å². The van der Waals surface area contributed by atoms with Crippen molar-refractivity contribution in [3.8, 4) is 5.75 Å². The van der Waals surface area contributed by atoms with Crippen LogP contribution in [0.1, 0.15) is 30.9 Å². The summed E-state index contributed by atoms with van der Waals surface area (Å²) < 4.78 is 31.5. The summed E-state index contributed by atoms with van der Waals surface area (Å²) >= 11 is 0. The summed E-state index contributed by atoms with van der Waals surface area (Å²) in [5.74, 6) is 1.08. The lowest BCUT2D eigenvalue weighted by Crippen LogP contribution is -2.21. The number of nitrogens with one attached hydrogen (secondary N) is 1. The minimum Gasteiger partial charge on any atom is -0.496 e. The van der Waals surface area contributed by atoms with Gasteiger partial charge in [0.05, 0.1) is 13.7 Å². The number of nitrogens with zero attached hydrogens (tertiary/aromatic N) is 2. The number of benzene rings is 1. The zero-order valence-electron chi connectivity index (χ0n) is 11.4. The van der Waals surface area contributed by atoms with Gasteiger partial charge in [-0.2, -0.15) is 8.78 Å². The van der Waals surface area contributed by atoms with Crippen molar-refractivity contribution in [2.24, 2.45) is 0 Å². The van der Waals surface area contributed by atoms with Crippen molar-refractivity contribution in [2.45, 2.75) is 26.1 Å². The second-order valence-corrected chi connectivity index (χ2v) is 4.37. The lowest BCUT2D eigenvalue weighted by atomic mass is 10.1. The first-order valence-electron chi connectivity index (χ1n) is 6.29. The van der Waals surface area contributed by atoms with E-state index in [1.807, 2.05) is 31.2 Å². The summed E-state index contributed by atoms with van der Waals surface area (Å²) in [6.45, 7) is -0.361. The normalized spacial score (nSPS) is 12.7. The molecule has 0 aliphatic rings. The molecule has 0 aliphatic carbocycles. The Hall–Kier alpha value is -1.95. The number of methoxy groups -OCH3 is 1. The fourth-order valence-corrected chi connectivity index (χ4v) is 2.04. The van der Waals surface area contributed by atoms with Crippen molar-refractivity contribution in [3.05, 3.63) is 48.0 Å². The Bertz CT molecular complexity index is 557. The van der Waals surface area contributed by atoms with Crippen LogP contribution in [-0.2, 0) is 6.54 Å². The van der Waals surface area contributed by atoms with Crippen LogP contribution in [0.3, 0.4) is 0 Å². The van der Waals surface area contributed by atoms with E-state index in [4.69, 9.17) is 4.74 Å². The van der Waals surface area contributed by atoms with E-state index in [1.165, 1.54) is 12.4 Å². The van der Waals surface area contributed by atoms with E-state index in [9.17, 15) is 8.78 Å². The average molecular weight is 281 g/mol. The van der Waals surface area contributed by atoms with Gasteiger partial charge in [0.2, 0.25) is 0 Å². The third kappa shape index (κ3) is 3.14. The zero-order valence-corrected chi connectivity index (χ0v) is 11.4. The molecule has 1 aromatic carbocycles. The molecule has 0 fully saturated rings. The standard InChI is InChI=1S/C14H17F2N3O/c1-10(11-5-3-4-6-12(11)20-2)18-9-13-17-7-8-19(13)14(15)16/h3-8,10,14,18H,9H2,1-2H3/t10-/m1/s1. The van der Waals surface area contributed by atoms with Gasteiger partial charge in [-0.3, -0.25) is 4.57 Å². The molecule has 0 unspecified atom stereocenters. The van der Waals surface area contributed by atoms with Crippen molar-refractivity contribution >= 4 is 0 Å². The molecular weight excluding hydrogens is 264 g/mol. The molecule has 0 spiro atoms. The van der Waals surface area contributed by atoms with Crippen LogP contribution in [0.25, 0.3) is 0 Å². The van der Waals surface area contributed by atoms with Gasteiger partial charge in [0.15, 0.2) is 0 Å². The Morgan fingerprint density at radius 2 is 2.10 bits per heavy atom. The van der Waals surface area contributed by atoms with Crippen LogP contribution in [0.2, 0.25) is 0 Å². The molecule has 1 aromatic heterocycles. The Balaban J connectivity index is 2.05. The van der Waals surface area contributed by atoms with Crippen LogP contribution in [0, 0.1) is 0 Å². The lowest BCUT2D eigenvalue weighted by Gasteiger charge is -2.17. The van der Waals surface area contributed by atoms with Crippen LogP contribution in [0.5, 0.6) is 5.75 Å². The minimum absolute atomic E-state index is 0.0334. The number of ether oxygens (including phenoxy) is 1. The smallest absolute Gasteiger partial charge is 0.319 e. The predicted octanol–water partition coefficient (Wildman–Crippen LogP) is 3.14. The number of aromatic nitrogens is 2. The fourth-order valence-electron chi connectivity index (χ4n) is 2.04. The van der Waals surface area contributed by atoms with Crippen molar-refractivity contribution < 1.29 is 13.5 Å². The molecule has 6 heteroatoms. The molecule has 0 aliphatic heterocycles. The molecule has 0 saturated heterocycles. The predicted molar refractivity (Wildman–Crippen MR) is 71.7 cm³/mol. The molecule has 0 radical (unpaired) electrons. The van der Waals surface area contributed by atoms with Gasteiger partial charge in [0.1, 0.15) is 11.6 Å². The summed E-state index contributed by atoms with van der Waals surface area (Å²) in [7, 11) is 1.61. The van der Waals surface area contributed by atoms with E-state index in [0.29, 0.717) is 5.82 Å². The first-order chi connectivity index (χ1) is 9.63. The zero-order chi connectivity index (χ0) is 14.5. The van der Waals surface area contributed by atoms with Crippen LogP contribution in [-0.4, -0.2) is 16.7 Å². The summed E-state index contributed by atoms with van der Waals surface area (Å²) in [6.07, 6.45) is 2.65. The van der Waals surface area contributed by atoms with Crippen LogP contribution in [0.4, 0.5) is 8.78 Å². The van der Waals surface area contributed by atoms with Gasteiger partial charge in [0.25, 0.3) is 0 Å². The maximum Gasteiger partial charge on any atom is 0.319 e. The van der Waals surface area contributed by atoms with E-state index < -0.39 is 6.55 Å². The molecule has 108 valence electrons. The van der Waals surface area contributed by atoms with Gasteiger partial charge in [-0.1, -0.05) is 18.2 Å². The summed E-state index contributed by atoms with van der Waals surface area (Å²) in [4.78, 5) is 3.93. The molecule has 0 saturated carbocycles. The van der Waals surface area contributed by atoms with E-state index in [1.54, 1.807) is 7.11 Å². The Labute approximate surface area is 116 Å². The van der Waals surface area contributed by atoms with Crippen molar-refractivity contribution in [1.82, 2.24) is 14.9 Å². The Kier molecular flexibility index (Phi) is 4.68. The quantitative estimate of drug-likeness (QED) is 0.884. The van der Waals surface area contributed by atoms with Gasteiger partial charge in [-0.05, 0) is 13.0 Å². The van der Waals surface area contributed by atoms with E-state index in [2.05, 4.69) is 10.3 Å². The number of para-hydroxylation sites is 1. The second kappa shape index (κ2) is 6.47. The molecule has 0 bridgehead atoms. The second-order valence-electron chi connectivity index (χ2n) is 4.37. The molecule has 0 amide bonds. The highest BCUT2D eigenvalue weighted by molar-refractivity contribution is 5.35. The van der Waals surface area contributed by atoms with Crippen LogP contribution in [0.15, 0.2) is 36.7 Å². The fraction of sp³-hybridized carbons (Fsp3) is 0.357. The number of halogens is 2. The number of rotatable bonds is 6. The molecule has 2 aromatic rings. The molecular formula is C14H17F2N3O. The first-order valence-corrected chi connectivity index (χ1v) is 6.29. The highest BCUT2D eigenvalue weighted by Gasteiger charge is 2.14. The van der Waals surface area contributed by atoms with Gasteiger partial charge in [-0.25, -0.2) is 4.98 Å². The highest BCUT2D eigenvalue weighted by atomic mass is 19.3. The van der Waals surface area contributed by atoms with E-state index in [0.717, 1.165) is 15.9 Å². The van der Waals surface area contributed by atoms with E-state index in [-0.39, 0.29) is 12.6 Å². The van der Waals surface area contributed by atoms with Gasteiger partial charge >= 0.3 is 6.55 Å². The minimum atomic E-state index is -2.57. The van der Waals surface area contributed by atoms with Gasteiger partial charge < -0.3 is 10.1 Å². The maximum atomic E-state index is 12.7. The van der Waals surface area contributed by atoms with Gasteiger partial charge in [-0.15, -0.1) is 0 Å². The van der Waals surface area contributed by atoms with Crippen molar-refractivity contribution in [2.75, 3.05) is 7.11 Å². The topological polar surface area (TPSA) is 39.1 Å². The summed E-state index contributed by atoms with van der Waals surface area (Å²) in [6, 6.07) is 7.58.